The highest BCUT2D eigenvalue weighted by atomic mass is 79.9. The molecule has 0 unspecified atom stereocenters. The topological polar surface area (TPSA) is 48.1 Å². The number of hydrogen-bond donors (Lipinski definition) is 1. The quantitative estimate of drug-likeness (QED) is 0.507. The number of nitrogens with two attached hydrogens (primary N) is 1. The molecule has 6 heteroatoms. The summed E-state index contributed by atoms with van der Waals surface area (Å²) in [5.41, 5.74) is 9.54. The molecule has 0 fully saturated rings. The molecule has 3 rings (SSSR count). The summed E-state index contributed by atoms with van der Waals surface area (Å²) in [6, 6.07) is 11.7. The van der Waals surface area contributed by atoms with Crippen molar-refractivity contribution in [3.8, 4) is 17.0 Å². The van der Waals surface area contributed by atoms with Gasteiger partial charge in [0.25, 0.3) is 0 Å². The van der Waals surface area contributed by atoms with E-state index in [0.29, 0.717) is 6.61 Å². The van der Waals surface area contributed by atoms with Crippen molar-refractivity contribution in [2.45, 2.75) is 13.5 Å². The van der Waals surface area contributed by atoms with Crippen molar-refractivity contribution < 1.29 is 4.74 Å². The summed E-state index contributed by atoms with van der Waals surface area (Å²) in [7, 11) is 0. The standard InChI is InChI=1S/C17H14Br2N2OS/c1-10-6-12(18)7-14(19)17(10)22-8-16-21-15(9-23-16)11-2-4-13(20)5-3-11/h2-7,9H,8,20H2,1H3. The molecule has 0 aliphatic rings. The van der Waals surface area contributed by atoms with Gasteiger partial charge in [-0.2, -0.15) is 0 Å². The number of benzene rings is 2. The van der Waals surface area contributed by atoms with Gasteiger partial charge < -0.3 is 10.5 Å². The normalized spacial score (nSPS) is 10.7. The average molecular weight is 454 g/mol. The fraction of sp³-hybridized carbons (Fsp3) is 0.118. The monoisotopic (exact) mass is 452 g/mol. The minimum absolute atomic E-state index is 0.445. The van der Waals surface area contributed by atoms with Crippen molar-refractivity contribution in [2.24, 2.45) is 0 Å². The van der Waals surface area contributed by atoms with Crippen LogP contribution in [0.5, 0.6) is 5.75 Å². The fourth-order valence-electron chi connectivity index (χ4n) is 2.17. The predicted molar refractivity (Wildman–Crippen MR) is 103 cm³/mol. The van der Waals surface area contributed by atoms with Crippen molar-refractivity contribution in [3.63, 3.8) is 0 Å². The van der Waals surface area contributed by atoms with Crippen molar-refractivity contribution in [3.05, 3.63) is 61.3 Å². The van der Waals surface area contributed by atoms with Gasteiger partial charge in [-0.15, -0.1) is 11.3 Å². The first-order chi connectivity index (χ1) is 11.0. The molecule has 0 radical (unpaired) electrons. The molecule has 118 valence electrons. The van der Waals surface area contributed by atoms with Crippen LogP contribution in [0.3, 0.4) is 0 Å². The van der Waals surface area contributed by atoms with E-state index in [9.17, 15) is 0 Å². The summed E-state index contributed by atoms with van der Waals surface area (Å²) in [4.78, 5) is 4.63. The van der Waals surface area contributed by atoms with Crippen molar-refractivity contribution in [2.75, 3.05) is 5.73 Å². The molecule has 3 aromatic rings. The lowest BCUT2D eigenvalue weighted by Gasteiger charge is -2.10. The number of nitrogens with zero attached hydrogens (tertiary/aromatic N) is 1. The molecule has 3 nitrogen and oxygen atoms in total. The molecule has 0 atom stereocenters. The third kappa shape index (κ3) is 3.94. The molecule has 0 saturated heterocycles. The van der Waals surface area contributed by atoms with Gasteiger partial charge in [0.15, 0.2) is 0 Å². The molecule has 1 aromatic heterocycles. The molecule has 0 amide bonds. The highest BCUT2D eigenvalue weighted by Crippen LogP contribution is 2.33. The molecule has 0 aliphatic carbocycles. The van der Waals surface area contributed by atoms with Gasteiger partial charge in [-0.05, 0) is 52.7 Å². The van der Waals surface area contributed by atoms with Crippen LogP contribution in [0.15, 0.2) is 50.7 Å². The molecular formula is C17H14Br2N2OS. The maximum atomic E-state index is 5.94. The molecule has 1 heterocycles. The van der Waals surface area contributed by atoms with E-state index < -0.39 is 0 Å². The zero-order chi connectivity index (χ0) is 16.4. The van der Waals surface area contributed by atoms with Crippen molar-refractivity contribution in [1.29, 1.82) is 0 Å². The zero-order valence-electron chi connectivity index (χ0n) is 12.3. The average Bonchev–Trinajstić information content (AvgIpc) is 2.96. The van der Waals surface area contributed by atoms with Gasteiger partial charge in [0.1, 0.15) is 17.4 Å². The van der Waals surface area contributed by atoms with Gasteiger partial charge in [0.2, 0.25) is 0 Å². The van der Waals surface area contributed by atoms with E-state index in [-0.39, 0.29) is 0 Å². The maximum absolute atomic E-state index is 5.94. The smallest absolute Gasteiger partial charge is 0.140 e. The van der Waals surface area contributed by atoms with Gasteiger partial charge in [-0.1, -0.05) is 28.1 Å². The summed E-state index contributed by atoms with van der Waals surface area (Å²) in [5, 5.41) is 2.97. The number of aryl methyl sites for hydroxylation is 1. The Labute approximate surface area is 155 Å². The second-order valence-electron chi connectivity index (χ2n) is 5.07. The second-order valence-corrected chi connectivity index (χ2v) is 7.78. The third-order valence-electron chi connectivity index (χ3n) is 3.29. The summed E-state index contributed by atoms with van der Waals surface area (Å²) in [6.45, 7) is 2.47. The van der Waals surface area contributed by atoms with Gasteiger partial charge >= 0.3 is 0 Å². The molecule has 2 N–H and O–H groups in total. The van der Waals surface area contributed by atoms with Crippen molar-refractivity contribution in [1.82, 2.24) is 4.98 Å². The van der Waals surface area contributed by atoms with Crippen LogP contribution < -0.4 is 10.5 Å². The van der Waals surface area contributed by atoms with E-state index in [0.717, 1.165) is 42.2 Å². The largest absolute Gasteiger partial charge is 0.485 e. The molecule has 0 saturated carbocycles. The highest BCUT2D eigenvalue weighted by Gasteiger charge is 2.10. The number of anilines is 1. The summed E-state index contributed by atoms with van der Waals surface area (Å²) in [5.74, 6) is 0.845. The molecule has 2 aromatic carbocycles. The summed E-state index contributed by atoms with van der Waals surface area (Å²) in [6.07, 6.45) is 0. The molecular weight excluding hydrogens is 440 g/mol. The number of nitrogen functional groups attached to an aromatic ring is 1. The van der Waals surface area contributed by atoms with E-state index in [1.807, 2.05) is 48.7 Å². The van der Waals surface area contributed by atoms with Crippen LogP contribution in [0.25, 0.3) is 11.3 Å². The van der Waals surface area contributed by atoms with E-state index in [1.54, 1.807) is 11.3 Å². The lowest BCUT2D eigenvalue weighted by atomic mass is 10.1. The Morgan fingerprint density at radius 2 is 1.91 bits per heavy atom. The number of aromatic nitrogens is 1. The SMILES string of the molecule is Cc1cc(Br)cc(Br)c1OCc1nc(-c2ccc(N)cc2)cs1. The summed E-state index contributed by atoms with van der Waals surface area (Å²) < 4.78 is 7.89. The molecule has 23 heavy (non-hydrogen) atoms. The van der Waals surface area contributed by atoms with Crippen LogP contribution in [0.4, 0.5) is 5.69 Å². The van der Waals surface area contributed by atoms with Crippen molar-refractivity contribution >= 4 is 48.9 Å². The lowest BCUT2D eigenvalue weighted by molar-refractivity contribution is 0.301. The minimum Gasteiger partial charge on any atom is -0.485 e. The molecule has 0 aliphatic heterocycles. The number of ether oxygens (including phenoxy) is 1. The Morgan fingerprint density at radius 3 is 2.61 bits per heavy atom. The van der Waals surface area contributed by atoms with Gasteiger partial charge in [-0.25, -0.2) is 4.98 Å². The predicted octanol–water partition coefficient (Wildman–Crippen LogP) is 5.80. The number of rotatable bonds is 4. The fourth-order valence-corrected chi connectivity index (χ4v) is 4.44. The Kier molecular flexibility index (Phi) is 5.04. The van der Waals surface area contributed by atoms with E-state index in [4.69, 9.17) is 10.5 Å². The first kappa shape index (κ1) is 16.5. The van der Waals surface area contributed by atoms with Gasteiger partial charge in [-0.3, -0.25) is 0 Å². The van der Waals surface area contributed by atoms with Crippen LogP contribution in [-0.4, -0.2) is 4.98 Å². The van der Waals surface area contributed by atoms with E-state index in [2.05, 4.69) is 36.8 Å². The number of halogens is 2. The van der Waals surface area contributed by atoms with E-state index >= 15 is 0 Å². The Bertz CT molecular complexity index is 808. The number of thiazole rings is 1. The number of hydrogen-bond acceptors (Lipinski definition) is 4. The Hall–Kier alpha value is -1.37. The van der Waals surface area contributed by atoms with Crippen LogP contribution in [-0.2, 0) is 6.61 Å². The molecule has 0 bridgehead atoms. The Morgan fingerprint density at radius 1 is 1.17 bits per heavy atom. The first-order valence-electron chi connectivity index (χ1n) is 6.91. The van der Waals surface area contributed by atoms with Gasteiger partial charge in [0.05, 0.1) is 10.2 Å². The summed E-state index contributed by atoms with van der Waals surface area (Å²) >= 11 is 8.60. The maximum Gasteiger partial charge on any atom is 0.140 e. The Balaban J connectivity index is 1.74. The minimum atomic E-state index is 0.445. The third-order valence-corrected chi connectivity index (χ3v) is 5.16. The first-order valence-corrected chi connectivity index (χ1v) is 9.38. The second kappa shape index (κ2) is 7.03. The van der Waals surface area contributed by atoms with Crippen LogP contribution >= 0.6 is 43.2 Å². The molecule has 0 spiro atoms. The van der Waals surface area contributed by atoms with Crippen LogP contribution in [0.2, 0.25) is 0 Å². The van der Waals surface area contributed by atoms with Gasteiger partial charge in [0, 0.05) is 21.1 Å². The lowest BCUT2D eigenvalue weighted by Crippen LogP contribution is -1.97. The van der Waals surface area contributed by atoms with Crippen LogP contribution in [0.1, 0.15) is 10.6 Å². The zero-order valence-corrected chi connectivity index (χ0v) is 16.3. The van der Waals surface area contributed by atoms with E-state index in [1.165, 1.54) is 0 Å². The van der Waals surface area contributed by atoms with Crippen LogP contribution in [0, 0.1) is 6.92 Å². The highest BCUT2D eigenvalue weighted by molar-refractivity contribution is 9.11.